The van der Waals surface area contributed by atoms with Crippen molar-refractivity contribution in [2.45, 2.75) is 50.0 Å². The third-order valence-corrected chi connectivity index (χ3v) is 5.86. The minimum Gasteiger partial charge on any atom is -0.445 e. The quantitative estimate of drug-likeness (QED) is 0.849. The number of hydrogen-bond donors (Lipinski definition) is 1. The van der Waals surface area contributed by atoms with Crippen LogP contribution in [0.5, 0.6) is 0 Å². The van der Waals surface area contributed by atoms with Crippen molar-refractivity contribution in [2.24, 2.45) is 0 Å². The molecule has 2 atom stereocenters. The number of benzene rings is 2. The van der Waals surface area contributed by atoms with E-state index < -0.39 is 28.9 Å². The number of nitrogens with zero attached hydrogens (tertiary/aromatic N) is 2. The molecule has 7 heteroatoms. The van der Waals surface area contributed by atoms with Crippen molar-refractivity contribution in [3.05, 3.63) is 70.8 Å². The van der Waals surface area contributed by atoms with Crippen LogP contribution in [0.3, 0.4) is 0 Å². The monoisotopic (exact) mass is 398 g/mol. The summed E-state index contributed by atoms with van der Waals surface area (Å²) in [6.45, 7) is 0.148. The molecule has 1 N–H and O–H groups in total. The second-order valence-electron chi connectivity index (χ2n) is 7.70. The first kappa shape index (κ1) is 19.3. The molecule has 4 rings (SSSR count). The first-order valence-electron chi connectivity index (χ1n) is 9.52. The first-order valence-corrected chi connectivity index (χ1v) is 9.52. The fraction of sp³-hybridized carbons (Fsp3) is 0.364. The van der Waals surface area contributed by atoms with Gasteiger partial charge in [-0.15, -0.1) is 0 Å². The molecule has 1 amide bonds. The summed E-state index contributed by atoms with van der Waals surface area (Å²) in [4.78, 5) is 14.3. The van der Waals surface area contributed by atoms with E-state index >= 15 is 0 Å². The summed E-state index contributed by atoms with van der Waals surface area (Å²) in [5.41, 5.74) is -1.29. The molecular weight excluding hydrogens is 378 g/mol. The van der Waals surface area contributed by atoms with E-state index in [1.807, 2.05) is 30.3 Å². The van der Waals surface area contributed by atoms with Crippen molar-refractivity contribution in [3.63, 3.8) is 0 Å². The zero-order chi connectivity index (χ0) is 20.6. The number of carbonyl (C=O) groups is 1. The number of halogens is 2. The van der Waals surface area contributed by atoms with Gasteiger partial charge in [-0.3, -0.25) is 0 Å². The third kappa shape index (κ3) is 3.56. The van der Waals surface area contributed by atoms with E-state index in [4.69, 9.17) is 10.00 Å². The van der Waals surface area contributed by atoms with Crippen molar-refractivity contribution >= 4 is 6.09 Å². The van der Waals surface area contributed by atoms with Crippen LogP contribution in [0.15, 0.2) is 42.5 Å². The molecule has 2 unspecified atom stereocenters. The Balaban J connectivity index is 1.51. The molecule has 2 aliphatic rings. The highest BCUT2D eigenvalue weighted by Crippen LogP contribution is 2.46. The number of nitriles is 1. The van der Waals surface area contributed by atoms with Gasteiger partial charge in [-0.05, 0) is 30.5 Å². The molecule has 2 heterocycles. The van der Waals surface area contributed by atoms with Crippen molar-refractivity contribution in [3.8, 4) is 6.07 Å². The molecule has 2 aromatic rings. The number of rotatable bonds is 3. The Labute approximate surface area is 167 Å². The summed E-state index contributed by atoms with van der Waals surface area (Å²) < 4.78 is 34.0. The number of piperidine rings is 1. The molecule has 150 valence electrons. The Morgan fingerprint density at radius 1 is 1.17 bits per heavy atom. The number of amides is 1. The second-order valence-corrected chi connectivity index (χ2v) is 7.70. The first-order chi connectivity index (χ1) is 13.9. The average Bonchev–Trinajstić information content (AvgIpc) is 3.00. The highest BCUT2D eigenvalue weighted by Gasteiger charge is 2.51. The third-order valence-electron chi connectivity index (χ3n) is 5.86. The van der Waals surface area contributed by atoms with Crippen LogP contribution in [-0.4, -0.2) is 28.2 Å². The maximum Gasteiger partial charge on any atom is 0.410 e. The number of ether oxygens (including phenoxy) is 1. The molecule has 0 aromatic heterocycles. The average molecular weight is 398 g/mol. The molecule has 2 bridgehead atoms. The fourth-order valence-corrected chi connectivity index (χ4v) is 4.53. The molecule has 29 heavy (non-hydrogen) atoms. The van der Waals surface area contributed by atoms with Gasteiger partial charge < -0.3 is 14.7 Å². The van der Waals surface area contributed by atoms with E-state index in [2.05, 4.69) is 0 Å². The molecule has 2 aromatic carbocycles. The molecule has 2 aliphatic heterocycles. The Morgan fingerprint density at radius 2 is 1.83 bits per heavy atom. The van der Waals surface area contributed by atoms with Gasteiger partial charge >= 0.3 is 6.09 Å². The molecule has 0 radical (unpaired) electrons. The summed E-state index contributed by atoms with van der Waals surface area (Å²) in [5.74, 6) is -1.68. The van der Waals surface area contributed by atoms with Crippen LogP contribution in [0.2, 0.25) is 0 Å². The molecule has 0 spiro atoms. The number of hydrogen-bond acceptors (Lipinski definition) is 4. The molecule has 0 aliphatic carbocycles. The topological polar surface area (TPSA) is 73.6 Å². The number of carbonyl (C=O) groups excluding carboxylic acids is 1. The lowest BCUT2D eigenvalue weighted by Crippen LogP contribution is -2.52. The molecule has 2 fully saturated rings. The lowest BCUT2D eigenvalue weighted by Gasteiger charge is -2.43. The van der Waals surface area contributed by atoms with Gasteiger partial charge in [0.15, 0.2) is 0 Å². The van der Waals surface area contributed by atoms with Crippen molar-refractivity contribution in [1.82, 2.24) is 4.90 Å². The highest BCUT2D eigenvalue weighted by atomic mass is 19.1. The molecule has 0 saturated carbocycles. The van der Waals surface area contributed by atoms with Crippen LogP contribution >= 0.6 is 0 Å². The van der Waals surface area contributed by atoms with Crippen molar-refractivity contribution in [1.29, 1.82) is 5.26 Å². The van der Waals surface area contributed by atoms with Gasteiger partial charge in [-0.1, -0.05) is 30.3 Å². The van der Waals surface area contributed by atoms with Crippen LogP contribution in [0.1, 0.15) is 42.4 Å². The maximum absolute atomic E-state index is 14.5. The predicted octanol–water partition coefficient (Wildman–Crippen LogP) is 3.99. The largest absolute Gasteiger partial charge is 0.445 e. The van der Waals surface area contributed by atoms with E-state index in [0.717, 1.165) is 17.7 Å². The Morgan fingerprint density at radius 3 is 2.45 bits per heavy atom. The second kappa shape index (κ2) is 7.45. The number of fused-ring (bicyclic) bond motifs is 2. The smallest absolute Gasteiger partial charge is 0.410 e. The molecule has 2 saturated heterocycles. The van der Waals surface area contributed by atoms with E-state index in [1.165, 1.54) is 0 Å². The van der Waals surface area contributed by atoms with Crippen LogP contribution in [0, 0.1) is 23.0 Å². The summed E-state index contributed by atoms with van der Waals surface area (Å²) in [6.07, 6.45) is 1.04. The van der Waals surface area contributed by atoms with E-state index in [-0.39, 0.29) is 37.1 Å². The highest BCUT2D eigenvalue weighted by molar-refractivity contribution is 5.69. The van der Waals surface area contributed by atoms with Crippen molar-refractivity contribution in [2.75, 3.05) is 0 Å². The van der Waals surface area contributed by atoms with E-state index in [0.29, 0.717) is 12.8 Å². The maximum atomic E-state index is 14.5. The van der Waals surface area contributed by atoms with E-state index in [1.54, 1.807) is 11.0 Å². The van der Waals surface area contributed by atoms with Gasteiger partial charge in [-0.2, -0.15) is 5.26 Å². The van der Waals surface area contributed by atoms with Crippen LogP contribution in [0.25, 0.3) is 0 Å². The van der Waals surface area contributed by atoms with Gasteiger partial charge in [0, 0.05) is 30.5 Å². The van der Waals surface area contributed by atoms with Gasteiger partial charge in [-0.25, -0.2) is 13.6 Å². The number of aliphatic hydroxyl groups is 1. The van der Waals surface area contributed by atoms with Gasteiger partial charge in [0.2, 0.25) is 0 Å². The lowest BCUT2D eigenvalue weighted by atomic mass is 9.80. The Hall–Kier alpha value is -2.98. The standard InChI is InChI=1S/C22H20F2N2O3/c23-19-9-18(20(24)8-15(19)12-25)22(28)10-16-6-7-17(11-22)26(16)21(27)29-13-14-4-2-1-3-5-14/h1-5,8-9,16-17,28H,6-7,10-11,13H2. The minimum absolute atomic E-state index is 0.0895. The SMILES string of the molecule is N#Cc1cc(F)c(C2(O)CC3CCC(C2)N3C(=O)OCc2ccccc2)cc1F. The van der Waals surface area contributed by atoms with Crippen LogP contribution < -0.4 is 0 Å². The summed E-state index contributed by atoms with van der Waals surface area (Å²) in [5, 5.41) is 20.0. The summed E-state index contributed by atoms with van der Waals surface area (Å²) in [6, 6.07) is 12.0. The van der Waals surface area contributed by atoms with Crippen molar-refractivity contribution < 1.29 is 23.4 Å². The Bertz CT molecular complexity index is 960. The Kier molecular flexibility index (Phi) is 4.97. The van der Waals surface area contributed by atoms with Crippen LogP contribution in [0.4, 0.5) is 13.6 Å². The zero-order valence-corrected chi connectivity index (χ0v) is 15.6. The normalized spacial score (nSPS) is 25.5. The van der Waals surface area contributed by atoms with Gasteiger partial charge in [0.05, 0.1) is 11.2 Å². The fourth-order valence-electron chi connectivity index (χ4n) is 4.53. The van der Waals surface area contributed by atoms with Gasteiger partial charge in [0.25, 0.3) is 0 Å². The summed E-state index contributed by atoms with van der Waals surface area (Å²) >= 11 is 0. The summed E-state index contributed by atoms with van der Waals surface area (Å²) in [7, 11) is 0. The van der Waals surface area contributed by atoms with E-state index in [9.17, 15) is 18.7 Å². The molecule has 5 nitrogen and oxygen atoms in total. The lowest BCUT2D eigenvalue weighted by molar-refractivity contribution is -0.0558. The molecular formula is C22H20F2N2O3. The van der Waals surface area contributed by atoms with Gasteiger partial charge in [0.1, 0.15) is 24.3 Å². The minimum atomic E-state index is -1.60. The predicted molar refractivity (Wildman–Crippen MR) is 99.5 cm³/mol. The van der Waals surface area contributed by atoms with Crippen LogP contribution in [-0.2, 0) is 16.9 Å². The zero-order valence-electron chi connectivity index (χ0n) is 15.6.